The molecule has 0 bridgehead atoms. The SMILES string of the molecule is Cc1ccc(N(CCC#N)C(=O)COC(=O)COc2ccc3ccccc3c2)cc1. The summed E-state index contributed by atoms with van der Waals surface area (Å²) < 4.78 is 10.6. The van der Waals surface area contributed by atoms with Gasteiger partial charge in [-0.05, 0) is 42.0 Å². The number of carbonyl (C=O) groups excluding carboxylic acids is 2. The van der Waals surface area contributed by atoms with Gasteiger partial charge in [0.2, 0.25) is 0 Å². The van der Waals surface area contributed by atoms with E-state index in [0.717, 1.165) is 16.3 Å². The lowest BCUT2D eigenvalue weighted by Crippen LogP contribution is -2.36. The molecule has 6 heteroatoms. The second-order valence-electron chi connectivity index (χ2n) is 6.75. The number of esters is 1. The van der Waals surface area contributed by atoms with Gasteiger partial charge in [-0.1, -0.05) is 48.0 Å². The Morgan fingerprint density at radius 3 is 2.43 bits per heavy atom. The molecule has 0 aliphatic heterocycles. The second-order valence-corrected chi connectivity index (χ2v) is 6.75. The summed E-state index contributed by atoms with van der Waals surface area (Å²) in [5.41, 5.74) is 1.72. The number of anilines is 1. The molecule has 152 valence electrons. The molecule has 1 amide bonds. The van der Waals surface area contributed by atoms with Crippen LogP contribution >= 0.6 is 0 Å². The molecular formula is C24H22N2O4. The van der Waals surface area contributed by atoms with E-state index >= 15 is 0 Å². The Morgan fingerprint density at radius 2 is 1.70 bits per heavy atom. The van der Waals surface area contributed by atoms with Crippen molar-refractivity contribution in [1.82, 2.24) is 0 Å². The Balaban J connectivity index is 1.54. The van der Waals surface area contributed by atoms with Gasteiger partial charge in [-0.25, -0.2) is 4.79 Å². The highest BCUT2D eigenvalue weighted by molar-refractivity contribution is 5.95. The summed E-state index contributed by atoms with van der Waals surface area (Å²) in [6.07, 6.45) is 0.179. The maximum absolute atomic E-state index is 12.6. The third kappa shape index (κ3) is 5.58. The fraction of sp³-hybridized carbons (Fsp3) is 0.208. The molecule has 3 aromatic carbocycles. The molecular weight excluding hydrogens is 380 g/mol. The third-order valence-electron chi connectivity index (χ3n) is 4.53. The van der Waals surface area contributed by atoms with Gasteiger partial charge < -0.3 is 14.4 Å². The Kier molecular flexibility index (Phi) is 7.01. The van der Waals surface area contributed by atoms with Crippen LogP contribution in [0.25, 0.3) is 10.8 Å². The maximum atomic E-state index is 12.6. The van der Waals surface area contributed by atoms with Gasteiger partial charge in [0.25, 0.3) is 5.91 Å². The average molecular weight is 402 g/mol. The van der Waals surface area contributed by atoms with Crippen LogP contribution in [0.3, 0.4) is 0 Å². The van der Waals surface area contributed by atoms with E-state index in [1.54, 1.807) is 18.2 Å². The number of nitrogens with zero attached hydrogens (tertiary/aromatic N) is 2. The number of amides is 1. The van der Waals surface area contributed by atoms with Gasteiger partial charge >= 0.3 is 5.97 Å². The van der Waals surface area contributed by atoms with Crippen molar-refractivity contribution in [2.75, 3.05) is 24.7 Å². The topological polar surface area (TPSA) is 79.6 Å². The van der Waals surface area contributed by atoms with E-state index in [1.165, 1.54) is 4.90 Å². The zero-order valence-corrected chi connectivity index (χ0v) is 16.7. The van der Waals surface area contributed by atoms with E-state index in [-0.39, 0.29) is 19.6 Å². The summed E-state index contributed by atoms with van der Waals surface area (Å²) in [4.78, 5) is 26.0. The first kappa shape index (κ1) is 20.9. The fourth-order valence-electron chi connectivity index (χ4n) is 2.95. The highest BCUT2D eigenvalue weighted by atomic mass is 16.6. The molecule has 6 nitrogen and oxygen atoms in total. The van der Waals surface area contributed by atoms with Gasteiger partial charge in [-0.3, -0.25) is 4.79 Å². The van der Waals surface area contributed by atoms with Crippen molar-refractivity contribution in [2.45, 2.75) is 13.3 Å². The van der Waals surface area contributed by atoms with Gasteiger partial charge in [0, 0.05) is 12.2 Å². The first-order chi connectivity index (χ1) is 14.6. The highest BCUT2D eigenvalue weighted by Gasteiger charge is 2.17. The summed E-state index contributed by atoms with van der Waals surface area (Å²) in [6, 6.07) is 22.8. The molecule has 0 saturated carbocycles. The van der Waals surface area contributed by atoms with E-state index < -0.39 is 18.5 Å². The van der Waals surface area contributed by atoms with Gasteiger partial charge in [0.1, 0.15) is 5.75 Å². The minimum atomic E-state index is -0.638. The summed E-state index contributed by atoms with van der Waals surface area (Å²) in [6.45, 7) is 1.46. The number of fused-ring (bicyclic) bond motifs is 1. The lowest BCUT2D eigenvalue weighted by molar-refractivity contribution is -0.149. The quantitative estimate of drug-likeness (QED) is 0.532. The van der Waals surface area contributed by atoms with Crippen molar-refractivity contribution in [2.24, 2.45) is 0 Å². The first-order valence-corrected chi connectivity index (χ1v) is 9.58. The molecule has 0 unspecified atom stereocenters. The van der Waals surface area contributed by atoms with E-state index in [0.29, 0.717) is 11.4 Å². The predicted octanol–water partition coefficient (Wildman–Crippen LogP) is 4.02. The van der Waals surface area contributed by atoms with Gasteiger partial charge in [-0.2, -0.15) is 5.26 Å². The van der Waals surface area contributed by atoms with E-state index in [9.17, 15) is 9.59 Å². The monoisotopic (exact) mass is 402 g/mol. The zero-order valence-electron chi connectivity index (χ0n) is 16.7. The van der Waals surface area contributed by atoms with Crippen LogP contribution in [0.1, 0.15) is 12.0 Å². The van der Waals surface area contributed by atoms with Crippen LogP contribution in [0.5, 0.6) is 5.75 Å². The van der Waals surface area contributed by atoms with Crippen LogP contribution in [-0.4, -0.2) is 31.6 Å². The number of rotatable bonds is 8. The average Bonchev–Trinajstić information content (AvgIpc) is 2.77. The minimum Gasteiger partial charge on any atom is -0.482 e. The summed E-state index contributed by atoms with van der Waals surface area (Å²) in [5.74, 6) is -0.485. The molecule has 3 rings (SSSR count). The smallest absolute Gasteiger partial charge is 0.344 e. The minimum absolute atomic E-state index is 0.179. The third-order valence-corrected chi connectivity index (χ3v) is 4.53. The molecule has 0 N–H and O–H groups in total. The summed E-state index contributed by atoms with van der Waals surface area (Å²) >= 11 is 0. The normalized spacial score (nSPS) is 10.3. The Hall–Kier alpha value is -3.85. The van der Waals surface area contributed by atoms with Crippen LogP contribution in [0.2, 0.25) is 0 Å². The lowest BCUT2D eigenvalue weighted by Gasteiger charge is -2.21. The standard InChI is InChI=1S/C24H22N2O4/c1-18-7-10-21(11-8-18)26(14-4-13-25)23(27)16-30-24(28)17-29-22-12-9-19-5-2-3-6-20(19)15-22/h2-3,5-12,15H,4,14,16-17H2,1H3. The molecule has 0 aliphatic rings. The van der Waals surface area contributed by atoms with Gasteiger partial charge in [0.15, 0.2) is 13.2 Å². The molecule has 0 radical (unpaired) electrons. The van der Waals surface area contributed by atoms with Crippen molar-refractivity contribution >= 4 is 28.3 Å². The lowest BCUT2D eigenvalue weighted by atomic mass is 10.1. The highest BCUT2D eigenvalue weighted by Crippen LogP contribution is 2.20. The number of nitriles is 1. The molecule has 0 saturated heterocycles. The Morgan fingerprint density at radius 1 is 0.967 bits per heavy atom. The molecule has 0 aliphatic carbocycles. The van der Waals surface area contributed by atoms with E-state index in [4.69, 9.17) is 14.7 Å². The van der Waals surface area contributed by atoms with Crippen molar-refractivity contribution in [3.8, 4) is 11.8 Å². The summed E-state index contributed by atoms with van der Waals surface area (Å²) in [5, 5.41) is 10.9. The number of hydrogen-bond acceptors (Lipinski definition) is 5. The predicted molar refractivity (Wildman–Crippen MR) is 114 cm³/mol. The van der Waals surface area contributed by atoms with Crippen molar-refractivity contribution < 1.29 is 19.1 Å². The molecule has 0 fully saturated rings. The van der Waals surface area contributed by atoms with Crippen LogP contribution in [0.4, 0.5) is 5.69 Å². The molecule has 0 atom stereocenters. The van der Waals surface area contributed by atoms with E-state index in [1.807, 2.05) is 61.5 Å². The van der Waals surface area contributed by atoms with Crippen LogP contribution < -0.4 is 9.64 Å². The summed E-state index contributed by atoms with van der Waals surface area (Å²) in [7, 11) is 0. The Labute approximate surface area is 175 Å². The molecule has 0 heterocycles. The van der Waals surface area contributed by atoms with Crippen LogP contribution in [0.15, 0.2) is 66.7 Å². The molecule has 0 aromatic heterocycles. The number of benzene rings is 3. The van der Waals surface area contributed by atoms with Crippen LogP contribution in [0, 0.1) is 18.3 Å². The van der Waals surface area contributed by atoms with E-state index in [2.05, 4.69) is 0 Å². The molecule has 0 spiro atoms. The fourth-order valence-corrected chi connectivity index (χ4v) is 2.95. The van der Waals surface area contributed by atoms with Crippen molar-refractivity contribution in [3.05, 3.63) is 72.3 Å². The molecule has 3 aromatic rings. The zero-order chi connectivity index (χ0) is 21.3. The number of hydrogen-bond donors (Lipinski definition) is 0. The van der Waals surface area contributed by atoms with Crippen LogP contribution in [-0.2, 0) is 14.3 Å². The molecule has 30 heavy (non-hydrogen) atoms. The Bertz CT molecular complexity index is 1070. The first-order valence-electron chi connectivity index (χ1n) is 9.58. The van der Waals surface area contributed by atoms with Crippen molar-refractivity contribution in [3.63, 3.8) is 0 Å². The van der Waals surface area contributed by atoms with Crippen molar-refractivity contribution in [1.29, 1.82) is 5.26 Å². The number of carbonyl (C=O) groups is 2. The van der Waals surface area contributed by atoms with Gasteiger partial charge in [-0.15, -0.1) is 0 Å². The number of ether oxygens (including phenoxy) is 2. The van der Waals surface area contributed by atoms with Gasteiger partial charge in [0.05, 0.1) is 12.5 Å². The maximum Gasteiger partial charge on any atom is 0.344 e. The largest absolute Gasteiger partial charge is 0.482 e. The second kappa shape index (κ2) is 10.1. The number of aryl methyl sites for hydroxylation is 1.